The Bertz CT molecular complexity index is 1480. The summed E-state index contributed by atoms with van der Waals surface area (Å²) in [7, 11) is 0. The molecule has 2 unspecified atom stereocenters. The number of fused-ring (bicyclic) bond motifs is 7. The minimum absolute atomic E-state index is 0.0308. The van der Waals surface area contributed by atoms with Gasteiger partial charge in [-0.05, 0) is 64.4 Å². The van der Waals surface area contributed by atoms with E-state index in [9.17, 15) is 4.79 Å². The van der Waals surface area contributed by atoms with E-state index in [0.29, 0.717) is 12.2 Å². The number of hydrogen-bond acceptors (Lipinski definition) is 5. The normalized spacial score (nSPS) is 20.4. The summed E-state index contributed by atoms with van der Waals surface area (Å²) >= 11 is 0. The predicted molar refractivity (Wildman–Crippen MR) is 126 cm³/mol. The smallest absolute Gasteiger partial charge is 0.336 e. The molecule has 4 aromatic rings. The molecular formula is C27H26N2O4. The van der Waals surface area contributed by atoms with Crippen LogP contribution < -0.4 is 15.1 Å². The van der Waals surface area contributed by atoms with Gasteiger partial charge in [-0.25, -0.2) is 9.48 Å². The van der Waals surface area contributed by atoms with Crippen LogP contribution in [-0.2, 0) is 0 Å². The first-order valence-corrected chi connectivity index (χ1v) is 11.3. The number of ether oxygens (including phenoxy) is 2. The molecule has 0 radical (unpaired) electrons. The van der Waals surface area contributed by atoms with Gasteiger partial charge in [0.15, 0.2) is 0 Å². The van der Waals surface area contributed by atoms with Crippen LogP contribution in [-0.4, -0.2) is 22.0 Å². The third kappa shape index (κ3) is 2.86. The lowest BCUT2D eigenvalue weighted by Crippen LogP contribution is -2.49. The zero-order valence-corrected chi connectivity index (χ0v) is 19.4. The molecule has 0 saturated heterocycles. The molecule has 2 aromatic carbocycles. The molecule has 0 N–H and O–H groups in total. The predicted octanol–water partition coefficient (Wildman–Crippen LogP) is 5.22. The highest BCUT2D eigenvalue weighted by atomic mass is 16.5. The number of benzene rings is 2. The second-order valence-corrected chi connectivity index (χ2v) is 9.75. The quantitative estimate of drug-likeness (QED) is 0.378. The van der Waals surface area contributed by atoms with Crippen molar-refractivity contribution >= 4 is 11.0 Å². The molecule has 2 aromatic heterocycles. The molecule has 2 aliphatic rings. The SMILES string of the molecule is Cc1ccc(-n2nc(C)c3c2OC(C)(C)C2COc4ccc5c(C)cc(=O)oc5c4C32)cc1. The molecule has 2 aliphatic heterocycles. The zero-order valence-electron chi connectivity index (χ0n) is 19.4. The minimum atomic E-state index is -0.517. The van der Waals surface area contributed by atoms with E-state index < -0.39 is 5.60 Å². The van der Waals surface area contributed by atoms with E-state index in [-0.39, 0.29) is 17.5 Å². The van der Waals surface area contributed by atoms with Gasteiger partial charge in [-0.15, -0.1) is 0 Å². The lowest BCUT2D eigenvalue weighted by atomic mass is 9.70. The average Bonchev–Trinajstić information content (AvgIpc) is 3.08. The van der Waals surface area contributed by atoms with Crippen LogP contribution in [0.1, 0.15) is 47.7 Å². The molecule has 6 nitrogen and oxygen atoms in total. The first-order valence-electron chi connectivity index (χ1n) is 11.3. The molecule has 0 spiro atoms. The molecule has 2 atom stereocenters. The highest BCUT2D eigenvalue weighted by Crippen LogP contribution is 2.55. The fourth-order valence-electron chi connectivity index (χ4n) is 5.39. The lowest BCUT2D eigenvalue weighted by Gasteiger charge is -2.46. The molecule has 4 heterocycles. The fourth-order valence-corrected chi connectivity index (χ4v) is 5.39. The van der Waals surface area contributed by atoms with Crippen LogP contribution in [0.3, 0.4) is 0 Å². The monoisotopic (exact) mass is 442 g/mol. The summed E-state index contributed by atoms with van der Waals surface area (Å²) < 4.78 is 20.5. The van der Waals surface area contributed by atoms with Gasteiger partial charge in [-0.1, -0.05) is 17.7 Å². The molecule has 33 heavy (non-hydrogen) atoms. The zero-order chi connectivity index (χ0) is 23.1. The third-order valence-electron chi connectivity index (χ3n) is 7.15. The molecule has 0 bridgehead atoms. The van der Waals surface area contributed by atoms with Crippen LogP contribution in [0, 0.1) is 26.7 Å². The summed E-state index contributed by atoms with van der Waals surface area (Å²) in [6, 6.07) is 13.8. The Labute approximate surface area is 191 Å². The topological polar surface area (TPSA) is 66.5 Å². The Morgan fingerprint density at radius 1 is 1.03 bits per heavy atom. The maximum Gasteiger partial charge on any atom is 0.336 e. The Hall–Kier alpha value is -3.54. The number of aryl methyl sites for hydroxylation is 3. The first-order chi connectivity index (χ1) is 15.7. The highest BCUT2D eigenvalue weighted by molar-refractivity contribution is 5.86. The Morgan fingerprint density at radius 2 is 1.79 bits per heavy atom. The number of aromatic nitrogens is 2. The largest absolute Gasteiger partial charge is 0.493 e. The van der Waals surface area contributed by atoms with E-state index in [1.54, 1.807) is 0 Å². The van der Waals surface area contributed by atoms with E-state index >= 15 is 0 Å². The minimum Gasteiger partial charge on any atom is -0.493 e. The van der Waals surface area contributed by atoms with Crippen molar-refractivity contribution in [1.82, 2.24) is 9.78 Å². The Kier molecular flexibility index (Phi) is 4.10. The van der Waals surface area contributed by atoms with Crippen molar-refractivity contribution in [1.29, 1.82) is 0 Å². The molecule has 0 aliphatic carbocycles. The van der Waals surface area contributed by atoms with Crippen LogP contribution in [0.15, 0.2) is 51.7 Å². The van der Waals surface area contributed by atoms with Gasteiger partial charge in [0.2, 0.25) is 5.88 Å². The van der Waals surface area contributed by atoms with Crippen LogP contribution in [0.5, 0.6) is 11.6 Å². The van der Waals surface area contributed by atoms with Gasteiger partial charge in [-0.3, -0.25) is 0 Å². The van der Waals surface area contributed by atoms with Crippen LogP contribution in [0.4, 0.5) is 0 Å². The second-order valence-electron chi connectivity index (χ2n) is 9.75. The maximum atomic E-state index is 12.4. The van der Waals surface area contributed by atoms with E-state index in [0.717, 1.165) is 45.1 Å². The van der Waals surface area contributed by atoms with Crippen LogP contribution >= 0.6 is 0 Å². The summed E-state index contributed by atoms with van der Waals surface area (Å²) in [6.45, 7) is 10.7. The Morgan fingerprint density at radius 3 is 2.55 bits per heavy atom. The summed E-state index contributed by atoms with van der Waals surface area (Å²) in [4.78, 5) is 12.4. The second kappa shape index (κ2) is 6.73. The summed E-state index contributed by atoms with van der Waals surface area (Å²) in [5.41, 5.74) is 5.60. The molecular weight excluding hydrogens is 416 g/mol. The summed E-state index contributed by atoms with van der Waals surface area (Å²) in [6.07, 6.45) is 0. The summed E-state index contributed by atoms with van der Waals surface area (Å²) in [5, 5.41) is 5.82. The van der Waals surface area contributed by atoms with Gasteiger partial charge in [-0.2, -0.15) is 5.10 Å². The van der Waals surface area contributed by atoms with E-state index in [2.05, 4.69) is 45.0 Å². The Balaban J connectivity index is 1.67. The average molecular weight is 443 g/mol. The van der Waals surface area contributed by atoms with Gasteiger partial charge in [0.25, 0.3) is 0 Å². The molecule has 6 heteroatoms. The van der Waals surface area contributed by atoms with Crippen LogP contribution in [0.25, 0.3) is 16.7 Å². The molecule has 6 rings (SSSR count). The van der Waals surface area contributed by atoms with Gasteiger partial charge in [0.05, 0.1) is 18.0 Å². The van der Waals surface area contributed by atoms with E-state index in [4.69, 9.17) is 19.0 Å². The summed E-state index contributed by atoms with van der Waals surface area (Å²) in [5.74, 6) is 1.45. The van der Waals surface area contributed by atoms with Crippen molar-refractivity contribution in [3.05, 3.63) is 80.8 Å². The van der Waals surface area contributed by atoms with E-state index in [1.807, 2.05) is 30.7 Å². The molecule has 0 saturated carbocycles. The van der Waals surface area contributed by atoms with Gasteiger partial charge in [0, 0.05) is 34.4 Å². The number of hydrogen-bond donors (Lipinski definition) is 0. The first kappa shape index (κ1) is 20.1. The van der Waals surface area contributed by atoms with Crippen LogP contribution in [0.2, 0.25) is 0 Å². The van der Waals surface area contributed by atoms with Gasteiger partial charge >= 0.3 is 5.63 Å². The fraction of sp³-hybridized carbons (Fsp3) is 0.333. The molecule has 168 valence electrons. The van der Waals surface area contributed by atoms with Gasteiger partial charge in [0.1, 0.15) is 16.9 Å². The molecule has 0 fully saturated rings. The lowest BCUT2D eigenvalue weighted by molar-refractivity contribution is -0.0184. The standard InChI is InChI=1S/C27H26N2O4/c1-14-6-8-17(9-7-14)29-26-22(16(3)28-29)23-19(27(4,5)33-26)13-31-20-11-10-18-15(2)12-21(30)32-25(18)24(20)23/h6-12,19,23H,13H2,1-5H3. The maximum absolute atomic E-state index is 12.4. The van der Waals surface area contributed by atoms with Crippen molar-refractivity contribution in [3.63, 3.8) is 0 Å². The van der Waals surface area contributed by atoms with Crippen molar-refractivity contribution < 1.29 is 13.9 Å². The van der Waals surface area contributed by atoms with Crippen molar-refractivity contribution in [2.75, 3.05) is 6.61 Å². The van der Waals surface area contributed by atoms with Crippen molar-refractivity contribution in [3.8, 4) is 17.3 Å². The molecule has 0 amide bonds. The highest BCUT2D eigenvalue weighted by Gasteiger charge is 2.51. The van der Waals surface area contributed by atoms with Crippen molar-refractivity contribution in [2.24, 2.45) is 5.92 Å². The number of rotatable bonds is 1. The number of nitrogens with zero attached hydrogens (tertiary/aromatic N) is 2. The van der Waals surface area contributed by atoms with E-state index in [1.165, 1.54) is 11.6 Å². The van der Waals surface area contributed by atoms with Gasteiger partial charge < -0.3 is 13.9 Å². The third-order valence-corrected chi connectivity index (χ3v) is 7.15. The van der Waals surface area contributed by atoms with Crippen molar-refractivity contribution in [2.45, 2.75) is 46.1 Å².